The molecule has 0 spiro atoms. The number of benzene rings is 2. The summed E-state index contributed by atoms with van der Waals surface area (Å²) in [5, 5.41) is 13.7. The van der Waals surface area contributed by atoms with Gasteiger partial charge in [0.2, 0.25) is 11.8 Å². The number of carbonyl (C=O) groups excluding carboxylic acids is 2. The van der Waals surface area contributed by atoms with E-state index in [0.29, 0.717) is 5.82 Å². The zero-order valence-corrected chi connectivity index (χ0v) is 16.7. The molecule has 2 aromatic carbocycles. The zero-order chi connectivity index (χ0) is 20.2. The summed E-state index contributed by atoms with van der Waals surface area (Å²) in [7, 11) is 0. The van der Waals surface area contributed by atoms with E-state index in [9.17, 15) is 9.59 Å². The molecular formula is C22H20N4O2S. The highest BCUT2D eigenvalue weighted by atomic mass is 32.1. The van der Waals surface area contributed by atoms with Gasteiger partial charge in [-0.25, -0.2) is 0 Å². The molecule has 0 saturated heterocycles. The van der Waals surface area contributed by atoms with E-state index in [1.807, 2.05) is 67.6 Å². The van der Waals surface area contributed by atoms with Gasteiger partial charge < -0.3 is 10.6 Å². The zero-order valence-electron chi connectivity index (χ0n) is 15.9. The Morgan fingerprint density at radius 3 is 2.55 bits per heavy atom. The predicted octanol–water partition coefficient (Wildman–Crippen LogP) is 4.30. The molecule has 29 heavy (non-hydrogen) atoms. The fourth-order valence-corrected chi connectivity index (χ4v) is 4.08. The molecule has 2 heterocycles. The summed E-state index contributed by atoms with van der Waals surface area (Å²) in [6.07, 6.45) is 0.545. The van der Waals surface area contributed by atoms with Gasteiger partial charge in [0.15, 0.2) is 0 Å². The number of anilines is 2. The fraction of sp³-hybridized carbons (Fsp3) is 0.136. The van der Waals surface area contributed by atoms with Crippen LogP contribution in [-0.4, -0.2) is 22.0 Å². The van der Waals surface area contributed by atoms with E-state index >= 15 is 0 Å². The first-order valence-corrected chi connectivity index (χ1v) is 10.1. The minimum Gasteiger partial charge on any atom is -0.326 e. The lowest BCUT2D eigenvalue weighted by Gasteiger charge is -2.05. The molecule has 2 aromatic heterocycles. The van der Waals surface area contributed by atoms with E-state index in [-0.39, 0.29) is 24.7 Å². The molecular weight excluding hydrogens is 384 g/mol. The molecule has 0 fully saturated rings. The van der Waals surface area contributed by atoms with Gasteiger partial charge in [0.25, 0.3) is 0 Å². The summed E-state index contributed by atoms with van der Waals surface area (Å²) in [6.45, 7) is 1.98. The number of H-pyrrole nitrogens is 1. The third-order valence-corrected chi connectivity index (χ3v) is 5.44. The second kappa shape index (κ2) is 8.28. The lowest BCUT2D eigenvalue weighted by molar-refractivity contribution is -0.116. The van der Waals surface area contributed by atoms with Gasteiger partial charge in [-0.1, -0.05) is 42.5 Å². The topological polar surface area (TPSA) is 86.9 Å². The monoisotopic (exact) mass is 404 g/mol. The predicted molar refractivity (Wildman–Crippen MR) is 116 cm³/mol. The summed E-state index contributed by atoms with van der Waals surface area (Å²) in [4.78, 5) is 26.3. The van der Waals surface area contributed by atoms with E-state index < -0.39 is 0 Å². The van der Waals surface area contributed by atoms with Crippen LogP contribution in [0.1, 0.15) is 16.0 Å². The molecule has 4 rings (SSSR count). The van der Waals surface area contributed by atoms with Crippen LogP contribution in [0.15, 0.2) is 60.7 Å². The quantitative estimate of drug-likeness (QED) is 0.448. The average molecular weight is 404 g/mol. The third-order valence-electron chi connectivity index (χ3n) is 4.41. The molecule has 0 aliphatic rings. The summed E-state index contributed by atoms with van der Waals surface area (Å²) >= 11 is 1.44. The molecule has 7 heteroatoms. The van der Waals surface area contributed by atoms with E-state index in [1.54, 1.807) is 0 Å². The molecule has 0 unspecified atom stereocenters. The summed E-state index contributed by atoms with van der Waals surface area (Å²) in [5.74, 6) is 0.354. The number of nitrogens with one attached hydrogen (secondary N) is 3. The van der Waals surface area contributed by atoms with Gasteiger partial charge in [-0.05, 0) is 36.2 Å². The second-order valence-corrected chi connectivity index (χ2v) is 7.95. The van der Waals surface area contributed by atoms with Gasteiger partial charge in [-0.15, -0.1) is 11.3 Å². The number of hydrogen-bond acceptors (Lipinski definition) is 4. The lowest BCUT2D eigenvalue weighted by atomic mass is 10.1. The molecule has 0 aliphatic carbocycles. The van der Waals surface area contributed by atoms with Gasteiger partial charge in [0.1, 0.15) is 10.6 Å². The van der Waals surface area contributed by atoms with Crippen LogP contribution in [0.3, 0.4) is 0 Å². The maximum Gasteiger partial charge on any atom is 0.229 e. The van der Waals surface area contributed by atoms with Crippen molar-refractivity contribution in [1.82, 2.24) is 10.2 Å². The largest absolute Gasteiger partial charge is 0.326 e. The molecule has 0 bridgehead atoms. The molecule has 0 atom stereocenters. The van der Waals surface area contributed by atoms with Crippen molar-refractivity contribution >= 4 is 44.9 Å². The number of rotatable bonds is 6. The van der Waals surface area contributed by atoms with E-state index in [1.165, 1.54) is 11.3 Å². The minimum atomic E-state index is -0.119. The number of aryl methyl sites for hydroxylation is 1. The van der Waals surface area contributed by atoms with Crippen LogP contribution >= 0.6 is 11.3 Å². The first-order chi connectivity index (χ1) is 14.1. The second-order valence-electron chi connectivity index (χ2n) is 6.84. The van der Waals surface area contributed by atoms with Crippen molar-refractivity contribution in [2.45, 2.75) is 19.8 Å². The van der Waals surface area contributed by atoms with Crippen molar-refractivity contribution in [2.24, 2.45) is 0 Å². The van der Waals surface area contributed by atoms with E-state index in [2.05, 4.69) is 20.8 Å². The van der Waals surface area contributed by atoms with Gasteiger partial charge in [0, 0.05) is 10.6 Å². The van der Waals surface area contributed by atoms with Crippen molar-refractivity contribution in [3.8, 4) is 0 Å². The van der Waals surface area contributed by atoms with Gasteiger partial charge in [-0.3, -0.25) is 14.7 Å². The Labute approximate surface area is 172 Å². The van der Waals surface area contributed by atoms with Gasteiger partial charge in [-0.2, -0.15) is 5.10 Å². The van der Waals surface area contributed by atoms with E-state index in [0.717, 1.165) is 31.9 Å². The number of aromatic nitrogens is 2. The van der Waals surface area contributed by atoms with Crippen molar-refractivity contribution in [1.29, 1.82) is 0 Å². The number of amides is 2. The molecule has 4 aromatic rings. The number of nitrogens with zero attached hydrogens (tertiary/aromatic N) is 1. The molecule has 3 N–H and O–H groups in total. The first-order valence-electron chi connectivity index (χ1n) is 9.24. The fourth-order valence-electron chi connectivity index (χ4n) is 3.09. The first kappa shape index (κ1) is 18.9. The normalized spacial score (nSPS) is 10.8. The molecule has 0 radical (unpaired) electrons. The molecule has 0 saturated carbocycles. The van der Waals surface area contributed by atoms with Crippen LogP contribution in [0.2, 0.25) is 0 Å². The average Bonchev–Trinajstić information content (AvgIpc) is 3.23. The Kier molecular flexibility index (Phi) is 5.39. The van der Waals surface area contributed by atoms with Crippen LogP contribution in [0.25, 0.3) is 10.2 Å². The highest BCUT2D eigenvalue weighted by Gasteiger charge is 2.15. The Bertz CT molecular complexity index is 1160. The van der Waals surface area contributed by atoms with E-state index in [4.69, 9.17) is 0 Å². The molecule has 146 valence electrons. The minimum absolute atomic E-state index is 0.0851. The Hall–Kier alpha value is -3.45. The summed E-state index contributed by atoms with van der Waals surface area (Å²) < 4.78 is 0. The number of aromatic amines is 1. The Balaban J connectivity index is 1.41. The van der Waals surface area contributed by atoms with Crippen LogP contribution in [0.4, 0.5) is 11.5 Å². The Morgan fingerprint density at radius 1 is 0.966 bits per heavy atom. The highest BCUT2D eigenvalue weighted by molar-refractivity contribution is 7.18. The van der Waals surface area contributed by atoms with Crippen molar-refractivity contribution in [3.63, 3.8) is 0 Å². The number of fused-ring (bicyclic) bond motifs is 1. The molecule has 2 amide bonds. The Morgan fingerprint density at radius 2 is 1.76 bits per heavy atom. The maximum absolute atomic E-state index is 12.4. The number of thiophene rings is 1. The SMILES string of the molecule is Cc1cccc(NC(=O)Cc2cc3c(NC(=O)Cc4ccccc4)[nH]nc3s2)c1. The lowest BCUT2D eigenvalue weighted by Crippen LogP contribution is -2.15. The van der Waals surface area contributed by atoms with Crippen molar-refractivity contribution in [2.75, 3.05) is 10.6 Å². The van der Waals surface area contributed by atoms with Crippen LogP contribution in [0, 0.1) is 6.92 Å². The smallest absolute Gasteiger partial charge is 0.229 e. The summed E-state index contributed by atoms with van der Waals surface area (Å²) in [6, 6.07) is 19.2. The number of hydrogen-bond donors (Lipinski definition) is 3. The van der Waals surface area contributed by atoms with Crippen molar-refractivity contribution in [3.05, 3.63) is 76.7 Å². The van der Waals surface area contributed by atoms with Gasteiger partial charge in [0.05, 0.1) is 18.2 Å². The highest BCUT2D eigenvalue weighted by Crippen LogP contribution is 2.29. The maximum atomic E-state index is 12.4. The number of carbonyl (C=O) groups is 2. The molecule has 6 nitrogen and oxygen atoms in total. The standard InChI is InChI=1S/C22H20N4O2S/c1-14-6-5-9-16(10-14)23-20(28)13-17-12-18-21(25-26-22(18)29-17)24-19(27)11-15-7-3-2-4-8-15/h2-10,12H,11,13H2,1H3,(H,23,28)(H2,24,25,26,27). The van der Waals surface area contributed by atoms with Crippen LogP contribution in [0.5, 0.6) is 0 Å². The van der Waals surface area contributed by atoms with Crippen LogP contribution in [-0.2, 0) is 22.4 Å². The van der Waals surface area contributed by atoms with Crippen LogP contribution < -0.4 is 10.6 Å². The van der Waals surface area contributed by atoms with Crippen molar-refractivity contribution < 1.29 is 9.59 Å². The van der Waals surface area contributed by atoms with Gasteiger partial charge >= 0.3 is 0 Å². The molecule has 0 aliphatic heterocycles. The third kappa shape index (κ3) is 4.70. The summed E-state index contributed by atoms with van der Waals surface area (Å²) in [5.41, 5.74) is 2.82.